The number of hydrogen-bond donors (Lipinski definition) is 3. The third kappa shape index (κ3) is 3.74. The lowest BCUT2D eigenvalue weighted by Gasteiger charge is -2.23. The van der Waals surface area contributed by atoms with Crippen LogP contribution >= 0.6 is 11.3 Å². The summed E-state index contributed by atoms with van der Waals surface area (Å²) >= 11 is 1.27. The second-order valence-corrected chi connectivity index (χ2v) is 9.77. The maximum atomic E-state index is 13.1. The first-order valence-electron chi connectivity index (χ1n) is 10.4. The number of primary amides is 1. The third-order valence-corrected chi connectivity index (χ3v) is 7.32. The first kappa shape index (κ1) is 21.5. The van der Waals surface area contributed by atoms with Crippen molar-refractivity contribution in [2.45, 2.75) is 51.7 Å². The van der Waals surface area contributed by atoms with Crippen molar-refractivity contribution in [2.24, 2.45) is 17.6 Å². The third-order valence-electron chi connectivity index (χ3n) is 6.29. The number of carbonyl (C=O) groups is 3. The Morgan fingerprint density at radius 1 is 1.13 bits per heavy atom. The summed E-state index contributed by atoms with van der Waals surface area (Å²) < 4.78 is 5.69. The molecule has 8 heteroatoms. The van der Waals surface area contributed by atoms with E-state index in [1.807, 2.05) is 31.2 Å². The Bertz CT molecular complexity index is 1040. The van der Waals surface area contributed by atoms with Crippen LogP contribution in [0.4, 0.5) is 5.00 Å². The number of nitrogens with one attached hydrogen (secondary N) is 1. The number of aliphatic carboxylic acids is 1. The Labute approximate surface area is 184 Å². The number of hydrogen-bond acceptors (Lipinski definition) is 5. The quantitative estimate of drug-likeness (QED) is 0.629. The van der Waals surface area contributed by atoms with Crippen LogP contribution in [0.15, 0.2) is 24.3 Å². The van der Waals surface area contributed by atoms with Crippen LogP contribution in [-0.4, -0.2) is 35.1 Å². The second-order valence-electron chi connectivity index (χ2n) is 8.55. The zero-order chi connectivity index (χ0) is 22.4. The summed E-state index contributed by atoms with van der Waals surface area (Å²) in [6, 6.07) is 7.94. The molecule has 2 aromatic rings. The van der Waals surface area contributed by atoms with Crippen molar-refractivity contribution in [2.75, 3.05) is 5.32 Å². The summed E-state index contributed by atoms with van der Waals surface area (Å²) in [5.74, 6) is -3.38. The standard InChI is InChI=1S/C23H26N2O5S/c1-10(2)12-4-6-13(7-5-12)16-11(3)31-22(19(16)20(24)26)25-21(27)17-14-8-9-15(30-14)18(17)23(28)29/h4-7,10,14-15,17-18H,8-9H2,1-3H3,(H2,24,26)(H,25,27)(H,28,29)/t14-,15-,17+,18+/m1/s1. The summed E-state index contributed by atoms with van der Waals surface area (Å²) in [6.45, 7) is 6.09. The number of amides is 2. The normalized spacial score (nSPS) is 24.5. The summed E-state index contributed by atoms with van der Waals surface area (Å²) in [7, 11) is 0. The Hall–Kier alpha value is -2.71. The molecule has 7 nitrogen and oxygen atoms in total. The molecule has 0 unspecified atom stereocenters. The van der Waals surface area contributed by atoms with E-state index in [4.69, 9.17) is 10.5 Å². The first-order valence-corrected chi connectivity index (χ1v) is 11.2. The minimum absolute atomic E-state index is 0.254. The molecule has 2 aliphatic rings. The molecule has 2 saturated heterocycles. The lowest BCUT2D eigenvalue weighted by atomic mass is 9.78. The van der Waals surface area contributed by atoms with E-state index in [1.54, 1.807) is 0 Å². The first-order chi connectivity index (χ1) is 14.7. The monoisotopic (exact) mass is 442 g/mol. The number of benzene rings is 1. The maximum absolute atomic E-state index is 13.1. The number of fused-ring (bicyclic) bond motifs is 2. The van der Waals surface area contributed by atoms with Gasteiger partial charge in [-0.05, 0) is 36.8 Å². The molecule has 3 heterocycles. The highest BCUT2D eigenvalue weighted by Crippen LogP contribution is 2.45. The van der Waals surface area contributed by atoms with Gasteiger partial charge in [-0.25, -0.2) is 0 Å². The summed E-state index contributed by atoms with van der Waals surface area (Å²) in [5, 5.41) is 12.7. The molecular weight excluding hydrogens is 416 g/mol. The van der Waals surface area contributed by atoms with Gasteiger partial charge in [-0.3, -0.25) is 14.4 Å². The zero-order valence-corrected chi connectivity index (χ0v) is 18.5. The molecule has 1 aromatic heterocycles. The van der Waals surface area contributed by atoms with Crippen LogP contribution in [0.2, 0.25) is 0 Å². The largest absolute Gasteiger partial charge is 0.481 e. The van der Waals surface area contributed by atoms with E-state index in [-0.39, 0.29) is 5.56 Å². The molecule has 4 rings (SSSR count). The Morgan fingerprint density at radius 2 is 1.74 bits per heavy atom. The Balaban J connectivity index is 1.67. The van der Waals surface area contributed by atoms with Gasteiger partial charge in [-0.15, -0.1) is 11.3 Å². The topological polar surface area (TPSA) is 119 Å². The molecular formula is C23H26N2O5S. The van der Waals surface area contributed by atoms with E-state index < -0.39 is 41.8 Å². The van der Waals surface area contributed by atoms with Gasteiger partial charge in [0.25, 0.3) is 5.91 Å². The van der Waals surface area contributed by atoms with E-state index in [0.717, 1.165) is 10.4 Å². The number of rotatable bonds is 6. The molecule has 0 radical (unpaired) electrons. The number of nitrogens with two attached hydrogens (primary N) is 1. The molecule has 1 aromatic carbocycles. The summed E-state index contributed by atoms with van der Waals surface area (Å²) in [5.41, 5.74) is 8.69. The lowest BCUT2D eigenvalue weighted by Crippen LogP contribution is -2.41. The van der Waals surface area contributed by atoms with Crippen molar-refractivity contribution in [3.05, 3.63) is 40.3 Å². The number of anilines is 1. The van der Waals surface area contributed by atoms with Gasteiger partial charge in [0.05, 0.1) is 29.6 Å². The number of carboxylic acids is 1. The number of thiophene rings is 1. The molecule has 0 aliphatic carbocycles. The summed E-state index contributed by atoms with van der Waals surface area (Å²) in [6.07, 6.45) is 0.458. The van der Waals surface area contributed by atoms with Gasteiger partial charge in [0, 0.05) is 10.4 Å². The van der Waals surface area contributed by atoms with E-state index in [9.17, 15) is 19.5 Å². The molecule has 4 N–H and O–H groups in total. The fraction of sp³-hybridized carbons (Fsp3) is 0.435. The number of carboxylic acid groups (broad SMARTS) is 1. The van der Waals surface area contributed by atoms with Gasteiger partial charge in [0.2, 0.25) is 5.91 Å². The summed E-state index contributed by atoms with van der Waals surface area (Å²) in [4.78, 5) is 38.0. The lowest BCUT2D eigenvalue weighted by molar-refractivity contribution is -0.147. The van der Waals surface area contributed by atoms with Crippen molar-refractivity contribution < 1.29 is 24.2 Å². The second kappa shape index (κ2) is 8.09. The fourth-order valence-corrected chi connectivity index (χ4v) is 5.85. The average Bonchev–Trinajstić information content (AvgIpc) is 3.40. The van der Waals surface area contributed by atoms with Crippen LogP contribution < -0.4 is 11.1 Å². The molecule has 4 atom stereocenters. The van der Waals surface area contributed by atoms with Crippen molar-refractivity contribution in [1.29, 1.82) is 0 Å². The minimum Gasteiger partial charge on any atom is -0.481 e. The number of ether oxygens (including phenoxy) is 1. The number of carbonyl (C=O) groups excluding carboxylic acids is 2. The number of aryl methyl sites for hydroxylation is 1. The minimum atomic E-state index is -1.03. The zero-order valence-electron chi connectivity index (χ0n) is 17.7. The van der Waals surface area contributed by atoms with Crippen molar-refractivity contribution in [1.82, 2.24) is 0 Å². The molecule has 164 valence electrons. The van der Waals surface area contributed by atoms with Gasteiger partial charge in [-0.2, -0.15) is 0 Å². The maximum Gasteiger partial charge on any atom is 0.310 e. The van der Waals surface area contributed by atoms with E-state index in [2.05, 4.69) is 19.2 Å². The van der Waals surface area contributed by atoms with E-state index in [0.29, 0.717) is 29.3 Å². The SMILES string of the molecule is Cc1sc(NC(=O)[C@@H]2[C@@H](C(=O)O)[C@H]3CC[C@H]2O3)c(C(N)=O)c1-c1ccc(C(C)C)cc1. The van der Waals surface area contributed by atoms with Gasteiger partial charge in [0.15, 0.2) is 0 Å². The molecule has 2 fully saturated rings. The highest BCUT2D eigenvalue weighted by atomic mass is 32.1. The predicted octanol–water partition coefficient (Wildman–Crippen LogP) is 3.76. The Morgan fingerprint density at radius 3 is 2.29 bits per heavy atom. The van der Waals surface area contributed by atoms with Crippen LogP contribution in [0.5, 0.6) is 0 Å². The average molecular weight is 443 g/mol. The van der Waals surface area contributed by atoms with Gasteiger partial charge in [0.1, 0.15) is 5.00 Å². The highest BCUT2D eigenvalue weighted by Gasteiger charge is 2.55. The van der Waals surface area contributed by atoms with Crippen LogP contribution in [0.3, 0.4) is 0 Å². The van der Waals surface area contributed by atoms with Gasteiger partial charge in [-0.1, -0.05) is 38.1 Å². The van der Waals surface area contributed by atoms with Crippen molar-refractivity contribution >= 4 is 34.1 Å². The molecule has 0 saturated carbocycles. The predicted molar refractivity (Wildman–Crippen MR) is 118 cm³/mol. The van der Waals surface area contributed by atoms with Crippen molar-refractivity contribution in [3.8, 4) is 11.1 Å². The van der Waals surface area contributed by atoms with E-state index in [1.165, 1.54) is 16.9 Å². The van der Waals surface area contributed by atoms with Crippen LogP contribution in [0.25, 0.3) is 11.1 Å². The smallest absolute Gasteiger partial charge is 0.310 e. The van der Waals surface area contributed by atoms with Crippen LogP contribution in [0.1, 0.15) is 53.4 Å². The fourth-order valence-electron chi connectivity index (χ4n) is 4.77. The Kier molecular flexibility index (Phi) is 5.61. The molecule has 0 spiro atoms. The van der Waals surface area contributed by atoms with Crippen molar-refractivity contribution in [3.63, 3.8) is 0 Å². The highest BCUT2D eigenvalue weighted by molar-refractivity contribution is 7.17. The molecule has 2 bridgehead atoms. The van der Waals surface area contributed by atoms with Crippen LogP contribution in [-0.2, 0) is 14.3 Å². The molecule has 2 aliphatic heterocycles. The molecule has 2 amide bonds. The molecule has 31 heavy (non-hydrogen) atoms. The van der Waals surface area contributed by atoms with Gasteiger partial charge < -0.3 is 20.9 Å². The van der Waals surface area contributed by atoms with E-state index >= 15 is 0 Å². The van der Waals surface area contributed by atoms with Crippen LogP contribution in [0, 0.1) is 18.8 Å². The van der Waals surface area contributed by atoms with Gasteiger partial charge >= 0.3 is 5.97 Å².